The summed E-state index contributed by atoms with van der Waals surface area (Å²) >= 11 is 6.43. The lowest BCUT2D eigenvalue weighted by Crippen LogP contribution is -2.21. The molecule has 3 atom stereocenters. The van der Waals surface area contributed by atoms with Crippen molar-refractivity contribution in [2.75, 3.05) is 0 Å². The number of esters is 1. The zero-order valence-electron chi connectivity index (χ0n) is 14.8. The average molecular weight is 363 g/mol. The second kappa shape index (κ2) is 7.30. The number of aryl methyl sites for hydroxylation is 2. The fourth-order valence-corrected chi connectivity index (χ4v) is 3.68. The number of carbonyl (C=O) groups excluding carboxylic acids is 2. The van der Waals surface area contributed by atoms with Gasteiger partial charge in [-0.25, -0.2) is 4.79 Å². The number of hydrogen-bond donors (Lipinski definition) is 0. The lowest BCUT2D eigenvalue weighted by Gasteiger charge is -2.18. The van der Waals surface area contributed by atoms with E-state index in [4.69, 9.17) is 21.1 Å². The molecule has 1 aromatic carbocycles. The molecular formula is C20H23ClO4. The largest absolute Gasteiger partial charge is 0.459 e. The Morgan fingerprint density at radius 1 is 1.16 bits per heavy atom. The normalized spacial score (nSPS) is 28.4. The summed E-state index contributed by atoms with van der Waals surface area (Å²) in [6.45, 7) is 5.59. The van der Waals surface area contributed by atoms with Gasteiger partial charge >= 0.3 is 5.97 Å². The standard InChI is InChI=1S/C20H23ClO4/c1-11-8-12(2)19(21)15-10-14(22)6-4-5-7-16-17(25-16)9-13(3)24-20(23)18(11)15/h4,6,8,13,16-17H,5,7,9-10H2,1-3H3/b6-4+/t13-,16?,17?/m1/s1. The highest BCUT2D eigenvalue weighted by molar-refractivity contribution is 6.33. The van der Waals surface area contributed by atoms with Crippen molar-refractivity contribution >= 4 is 23.4 Å². The third kappa shape index (κ3) is 4.13. The maximum Gasteiger partial charge on any atom is 0.339 e. The van der Waals surface area contributed by atoms with E-state index in [1.807, 2.05) is 32.9 Å². The zero-order chi connectivity index (χ0) is 18.1. The molecule has 0 N–H and O–H groups in total. The van der Waals surface area contributed by atoms with E-state index in [0.717, 1.165) is 24.0 Å². The molecule has 0 aromatic heterocycles. The van der Waals surface area contributed by atoms with Crippen LogP contribution in [-0.2, 0) is 20.7 Å². The van der Waals surface area contributed by atoms with Crippen LogP contribution in [0.15, 0.2) is 18.2 Å². The number of cyclic esters (lactones) is 1. The third-order valence-electron chi connectivity index (χ3n) is 4.78. The smallest absolute Gasteiger partial charge is 0.339 e. The summed E-state index contributed by atoms with van der Waals surface area (Å²) in [6.07, 6.45) is 6.02. The van der Waals surface area contributed by atoms with E-state index in [2.05, 4.69) is 0 Å². The Morgan fingerprint density at radius 2 is 1.92 bits per heavy atom. The molecule has 2 aliphatic heterocycles. The van der Waals surface area contributed by atoms with Crippen LogP contribution >= 0.6 is 11.6 Å². The first-order valence-corrected chi connectivity index (χ1v) is 9.09. The zero-order valence-corrected chi connectivity index (χ0v) is 15.6. The van der Waals surface area contributed by atoms with Crippen molar-refractivity contribution in [2.45, 2.75) is 64.8 Å². The molecule has 0 radical (unpaired) electrons. The van der Waals surface area contributed by atoms with Crippen LogP contribution in [0.3, 0.4) is 0 Å². The molecule has 0 aliphatic carbocycles. The maximum absolute atomic E-state index is 12.7. The average Bonchev–Trinajstić information content (AvgIpc) is 3.25. The minimum Gasteiger partial charge on any atom is -0.459 e. The number of fused-ring (bicyclic) bond motifs is 2. The Balaban J connectivity index is 1.98. The summed E-state index contributed by atoms with van der Waals surface area (Å²) < 4.78 is 11.2. The second-order valence-electron chi connectivity index (χ2n) is 6.97. The number of carbonyl (C=O) groups is 2. The van der Waals surface area contributed by atoms with Crippen LogP contribution in [0.5, 0.6) is 0 Å². The predicted octanol–water partition coefficient (Wildman–Crippen LogP) is 4.12. The Bertz CT molecular complexity index is 738. The van der Waals surface area contributed by atoms with Gasteiger partial charge in [0, 0.05) is 17.9 Å². The summed E-state index contributed by atoms with van der Waals surface area (Å²) in [4.78, 5) is 25.1. The molecule has 1 fully saturated rings. The first kappa shape index (κ1) is 18.2. The molecule has 2 unspecified atom stereocenters. The van der Waals surface area contributed by atoms with Gasteiger partial charge in [0.1, 0.15) is 6.10 Å². The van der Waals surface area contributed by atoms with Crippen molar-refractivity contribution in [3.05, 3.63) is 45.5 Å². The fourth-order valence-electron chi connectivity index (χ4n) is 3.46. The fraction of sp³-hybridized carbons (Fsp3) is 0.500. The van der Waals surface area contributed by atoms with Gasteiger partial charge in [-0.15, -0.1) is 0 Å². The van der Waals surface area contributed by atoms with Crippen molar-refractivity contribution in [3.8, 4) is 0 Å². The van der Waals surface area contributed by atoms with E-state index in [1.165, 1.54) is 0 Å². The first-order valence-electron chi connectivity index (χ1n) is 8.71. The van der Waals surface area contributed by atoms with Gasteiger partial charge in [-0.3, -0.25) is 4.79 Å². The molecule has 0 bridgehead atoms. The summed E-state index contributed by atoms with van der Waals surface area (Å²) in [5, 5.41) is 0.463. The third-order valence-corrected chi connectivity index (χ3v) is 5.30. The van der Waals surface area contributed by atoms with E-state index in [1.54, 1.807) is 6.08 Å². The Morgan fingerprint density at radius 3 is 2.68 bits per heavy atom. The highest BCUT2D eigenvalue weighted by atomic mass is 35.5. The molecule has 4 nitrogen and oxygen atoms in total. The van der Waals surface area contributed by atoms with Gasteiger partial charge in [-0.1, -0.05) is 23.7 Å². The van der Waals surface area contributed by atoms with E-state index >= 15 is 0 Å². The van der Waals surface area contributed by atoms with Crippen LogP contribution in [0, 0.1) is 13.8 Å². The van der Waals surface area contributed by atoms with Gasteiger partial charge in [-0.2, -0.15) is 0 Å². The molecule has 25 heavy (non-hydrogen) atoms. The van der Waals surface area contributed by atoms with Gasteiger partial charge in [0.25, 0.3) is 0 Å². The number of allylic oxidation sites excluding steroid dienone is 2. The van der Waals surface area contributed by atoms with Gasteiger partial charge in [0.05, 0.1) is 17.8 Å². The Kier molecular flexibility index (Phi) is 5.30. The number of halogens is 1. The van der Waals surface area contributed by atoms with Crippen molar-refractivity contribution in [1.82, 2.24) is 0 Å². The molecule has 0 saturated carbocycles. The molecule has 134 valence electrons. The van der Waals surface area contributed by atoms with Gasteiger partial charge in [0.2, 0.25) is 0 Å². The number of ketones is 1. The van der Waals surface area contributed by atoms with Crippen molar-refractivity contribution in [2.24, 2.45) is 0 Å². The summed E-state index contributed by atoms with van der Waals surface area (Å²) in [7, 11) is 0. The van der Waals surface area contributed by atoms with Crippen LogP contribution in [-0.4, -0.2) is 30.1 Å². The minimum absolute atomic E-state index is 0.0701. The van der Waals surface area contributed by atoms with E-state index < -0.39 is 5.97 Å². The van der Waals surface area contributed by atoms with Crippen LogP contribution in [0.25, 0.3) is 0 Å². The highest BCUT2D eigenvalue weighted by Gasteiger charge is 2.39. The molecule has 0 amide bonds. The number of hydrogen-bond acceptors (Lipinski definition) is 4. The number of benzene rings is 1. The monoisotopic (exact) mass is 362 g/mol. The van der Waals surface area contributed by atoms with E-state index in [-0.39, 0.29) is 30.5 Å². The van der Waals surface area contributed by atoms with Crippen molar-refractivity contribution in [1.29, 1.82) is 0 Å². The molecule has 1 aromatic rings. The molecule has 2 aliphatic rings. The number of rotatable bonds is 0. The molecule has 3 rings (SSSR count). The molecule has 2 heterocycles. The highest BCUT2D eigenvalue weighted by Crippen LogP contribution is 2.33. The van der Waals surface area contributed by atoms with Crippen LogP contribution in [0.1, 0.15) is 53.2 Å². The minimum atomic E-state index is -0.423. The van der Waals surface area contributed by atoms with E-state index in [0.29, 0.717) is 22.6 Å². The van der Waals surface area contributed by atoms with Crippen LogP contribution in [0.4, 0.5) is 0 Å². The summed E-state index contributed by atoms with van der Waals surface area (Å²) in [5.41, 5.74) is 2.60. The van der Waals surface area contributed by atoms with Crippen LogP contribution < -0.4 is 0 Å². The molecule has 5 heteroatoms. The SMILES string of the molecule is Cc1cc(C)c2c(c1Cl)CC(=O)/C=C/CCC1OC1C[C@@H](C)OC2=O. The van der Waals surface area contributed by atoms with Gasteiger partial charge in [-0.05, 0) is 56.4 Å². The van der Waals surface area contributed by atoms with Crippen molar-refractivity contribution < 1.29 is 19.1 Å². The first-order chi connectivity index (χ1) is 11.9. The molecule has 0 spiro atoms. The molecule has 1 saturated heterocycles. The van der Waals surface area contributed by atoms with Gasteiger partial charge in [0.15, 0.2) is 5.78 Å². The second-order valence-corrected chi connectivity index (χ2v) is 7.34. The number of ether oxygens (including phenoxy) is 2. The van der Waals surface area contributed by atoms with Gasteiger partial charge < -0.3 is 9.47 Å². The lowest BCUT2D eigenvalue weighted by molar-refractivity contribution is -0.114. The topological polar surface area (TPSA) is 55.9 Å². The predicted molar refractivity (Wildman–Crippen MR) is 96.2 cm³/mol. The maximum atomic E-state index is 12.7. The quantitative estimate of drug-likeness (QED) is 0.514. The van der Waals surface area contributed by atoms with Crippen LogP contribution in [0.2, 0.25) is 5.02 Å². The number of epoxide rings is 1. The Hall–Kier alpha value is -1.65. The Labute approximate surface area is 153 Å². The summed E-state index contributed by atoms with van der Waals surface area (Å²) in [6, 6.07) is 1.86. The lowest BCUT2D eigenvalue weighted by atomic mass is 9.94. The van der Waals surface area contributed by atoms with E-state index in [9.17, 15) is 9.59 Å². The summed E-state index contributed by atoms with van der Waals surface area (Å²) in [5.74, 6) is -0.493. The van der Waals surface area contributed by atoms with Crippen molar-refractivity contribution in [3.63, 3.8) is 0 Å². The molecular weight excluding hydrogens is 340 g/mol.